The van der Waals surface area contributed by atoms with E-state index >= 15 is 0 Å². The minimum atomic E-state index is 0.353. The van der Waals surface area contributed by atoms with Crippen LogP contribution in [0.5, 0.6) is 5.75 Å². The van der Waals surface area contributed by atoms with Crippen LogP contribution in [0.3, 0.4) is 0 Å². The van der Waals surface area contributed by atoms with Crippen molar-refractivity contribution < 1.29 is 4.74 Å². The Morgan fingerprint density at radius 3 is 3.13 bits per heavy atom. The molecular formula is C13H19NO. The summed E-state index contributed by atoms with van der Waals surface area (Å²) in [6, 6.07) is 8.35. The summed E-state index contributed by atoms with van der Waals surface area (Å²) in [5, 5.41) is 3.41. The van der Waals surface area contributed by atoms with Crippen LogP contribution < -0.4 is 10.1 Å². The molecule has 1 aliphatic rings. The van der Waals surface area contributed by atoms with Gasteiger partial charge in [0.15, 0.2) is 0 Å². The quantitative estimate of drug-likeness (QED) is 0.762. The molecule has 1 aromatic rings. The predicted molar refractivity (Wildman–Crippen MR) is 62.3 cm³/mol. The molecule has 1 heterocycles. The van der Waals surface area contributed by atoms with Crippen LogP contribution in [0.1, 0.15) is 25.3 Å². The lowest BCUT2D eigenvalue weighted by atomic mass is 10.0. The molecule has 0 unspecified atom stereocenters. The summed E-state index contributed by atoms with van der Waals surface area (Å²) < 4.78 is 5.92. The molecule has 1 atom stereocenters. The Kier molecular flexibility index (Phi) is 3.62. The molecule has 1 aromatic carbocycles. The molecule has 2 heteroatoms. The molecule has 0 spiro atoms. The van der Waals surface area contributed by atoms with E-state index in [2.05, 4.69) is 30.4 Å². The van der Waals surface area contributed by atoms with Gasteiger partial charge in [0, 0.05) is 6.54 Å². The Morgan fingerprint density at radius 2 is 2.27 bits per heavy atom. The Bertz CT molecular complexity index is 311. The van der Waals surface area contributed by atoms with Gasteiger partial charge in [0.1, 0.15) is 11.9 Å². The number of para-hydroxylation sites is 1. The van der Waals surface area contributed by atoms with Crippen molar-refractivity contribution in [2.75, 3.05) is 13.1 Å². The van der Waals surface area contributed by atoms with E-state index in [1.165, 1.54) is 12.0 Å². The second-order valence-corrected chi connectivity index (χ2v) is 4.09. The molecule has 0 saturated carbocycles. The van der Waals surface area contributed by atoms with Crippen LogP contribution in [0.4, 0.5) is 0 Å². The first-order valence-corrected chi connectivity index (χ1v) is 5.85. The first-order valence-electron chi connectivity index (χ1n) is 5.85. The van der Waals surface area contributed by atoms with Gasteiger partial charge >= 0.3 is 0 Å². The maximum atomic E-state index is 5.92. The summed E-state index contributed by atoms with van der Waals surface area (Å²) in [5.74, 6) is 1.08. The van der Waals surface area contributed by atoms with Crippen LogP contribution in [0, 0.1) is 0 Å². The van der Waals surface area contributed by atoms with Crippen LogP contribution in [0.15, 0.2) is 24.3 Å². The normalized spacial score (nSPS) is 19.4. The number of fused-ring (bicyclic) bond motifs is 1. The molecule has 82 valence electrons. The molecule has 15 heavy (non-hydrogen) atoms. The number of hydrogen-bond donors (Lipinski definition) is 1. The average Bonchev–Trinajstić information content (AvgIpc) is 2.29. The number of aryl methyl sites for hydroxylation is 1. The Labute approximate surface area is 91.6 Å². The van der Waals surface area contributed by atoms with E-state index in [0.717, 1.165) is 31.7 Å². The van der Waals surface area contributed by atoms with Crippen molar-refractivity contribution in [3.8, 4) is 5.75 Å². The zero-order valence-electron chi connectivity index (χ0n) is 9.33. The number of rotatable bonds is 4. The summed E-state index contributed by atoms with van der Waals surface area (Å²) in [5.41, 5.74) is 1.35. The fourth-order valence-electron chi connectivity index (χ4n) is 1.96. The fourth-order valence-corrected chi connectivity index (χ4v) is 1.96. The molecular weight excluding hydrogens is 186 g/mol. The van der Waals surface area contributed by atoms with Gasteiger partial charge < -0.3 is 10.1 Å². The largest absolute Gasteiger partial charge is 0.489 e. The predicted octanol–water partition coefficient (Wildman–Crippen LogP) is 2.38. The molecule has 0 saturated heterocycles. The van der Waals surface area contributed by atoms with E-state index in [-0.39, 0.29) is 0 Å². The monoisotopic (exact) mass is 205 g/mol. The summed E-state index contributed by atoms with van der Waals surface area (Å²) in [4.78, 5) is 0. The van der Waals surface area contributed by atoms with E-state index in [0.29, 0.717) is 6.10 Å². The number of nitrogens with one attached hydrogen (secondary N) is 1. The smallest absolute Gasteiger partial charge is 0.122 e. The van der Waals surface area contributed by atoms with Gasteiger partial charge in [-0.25, -0.2) is 0 Å². The molecule has 0 radical (unpaired) electrons. The Balaban J connectivity index is 1.88. The van der Waals surface area contributed by atoms with Crippen molar-refractivity contribution >= 4 is 0 Å². The van der Waals surface area contributed by atoms with E-state index in [4.69, 9.17) is 4.74 Å². The highest BCUT2D eigenvalue weighted by Gasteiger charge is 2.18. The summed E-state index contributed by atoms with van der Waals surface area (Å²) in [7, 11) is 0. The first-order chi connectivity index (χ1) is 7.40. The van der Waals surface area contributed by atoms with Gasteiger partial charge in [0.05, 0.1) is 0 Å². The Morgan fingerprint density at radius 1 is 1.40 bits per heavy atom. The number of hydrogen-bond acceptors (Lipinski definition) is 2. The van der Waals surface area contributed by atoms with Gasteiger partial charge in [0.2, 0.25) is 0 Å². The third-order valence-electron chi connectivity index (χ3n) is 2.80. The van der Waals surface area contributed by atoms with Crippen LogP contribution in [0.2, 0.25) is 0 Å². The lowest BCUT2D eigenvalue weighted by Crippen LogP contribution is -2.34. The molecule has 1 N–H and O–H groups in total. The van der Waals surface area contributed by atoms with Gasteiger partial charge in [-0.1, -0.05) is 25.1 Å². The van der Waals surface area contributed by atoms with Gasteiger partial charge in [-0.15, -0.1) is 0 Å². The maximum absolute atomic E-state index is 5.92. The molecule has 0 aliphatic carbocycles. The third-order valence-corrected chi connectivity index (χ3v) is 2.80. The summed E-state index contributed by atoms with van der Waals surface area (Å²) in [6.45, 7) is 4.24. The van der Waals surface area contributed by atoms with Gasteiger partial charge in [-0.3, -0.25) is 0 Å². The summed E-state index contributed by atoms with van der Waals surface area (Å²) in [6.07, 6.45) is 3.82. The average molecular weight is 205 g/mol. The highest BCUT2D eigenvalue weighted by Crippen LogP contribution is 2.26. The maximum Gasteiger partial charge on any atom is 0.122 e. The fraction of sp³-hybridized carbons (Fsp3) is 0.538. The zero-order valence-corrected chi connectivity index (χ0v) is 9.33. The standard InChI is InChI=1S/C13H19NO/c1-2-9-14-10-12-8-7-11-5-3-4-6-13(11)15-12/h3-6,12,14H,2,7-10H2,1H3/t12-/m1/s1. The van der Waals surface area contributed by atoms with Gasteiger partial charge in [0.25, 0.3) is 0 Å². The van der Waals surface area contributed by atoms with E-state index in [1.54, 1.807) is 0 Å². The van der Waals surface area contributed by atoms with Crippen molar-refractivity contribution in [1.29, 1.82) is 0 Å². The zero-order chi connectivity index (χ0) is 10.5. The van der Waals surface area contributed by atoms with Crippen molar-refractivity contribution in [2.24, 2.45) is 0 Å². The number of ether oxygens (including phenoxy) is 1. The SMILES string of the molecule is CCCNC[C@H]1CCc2ccccc2O1. The minimum absolute atomic E-state index is 0.353. The molecule has 0 fully saturated rings. The lowest BCUT2D eigenvalue weighted by Gasteiger charge is -2.26. The van der Waals surface area contributed by atoms with Crippen molar-refractivity contribution in [1.82, 2.24) is 5.32 Å². The van der Waals surface area contributed by atoms with Crippen LogP contribution in [-0.4, -0.2) is 19.2 Å². The van der Waals surface area contributed by atoms with Gasteiger partial charge in [-0.05, 0) is 37.4 Å². The van der Waals surface area contributed by atoms with Crippen LogP contribution >= 0.6 is 0 Å². The molecule has 1 aliphatic heterocycles. The molecule has 2 nitrogen and oxygen atoms in total. The van der Waals surface area contributed by atoms with Gasteiger partial charge in [-0.2, -0.15) is 0 Å². The molecule has 0 amide bonds. The van der Waals surface area contributed by atoms with E-state index in [9.17, 15) is 0 Å². The van der Waals surface area contributed by atoms with Crippen molar-refractivity contribution in [3.63, 3.8) is 0 Å². The van der Waals surface area contributed by atoms with Crippen LogP contribution in [0.25, 0.3) is 0 Å². The highest BCUT2D eigenvalue weighted by atomic mass is 16.5. The van der Waals surface area contributed by atoms with Crippen molar-refractivity contribution in [3.05, 3.63) is 29.8 Å². The van der Waals surface area contributed by atoms with Crippen molar-refractivity contribution in [2.45, 2.75) is 32.3 Å². The van der Waals surface area contributed by atoms with Crippen LogP contribution in [-0.2, 0) is 6.42 Å². The third kappa shape index (κ3) is 2.72. The lowest BCUT2D eigenvalue weighted by molar-refractivity contribution is 0.171. The minimum Gasteiger partial charge on any atom is -0.489 e. The second-order valence-electron chi connectivity index (χ2n) is 4.09. The van der Waals surface area contributed by atoms with E-state index in [1.807, 2.05) is 6.07 Å². The van der Waals surface area contributed by atoms with E-state index < -0.39 is 0 Å². The highest BCUT2D eigenvalue weighted by molar-refractivity contribution is 5.35. The number of benzene rings is 1. The Hall–Kier alpha value is -1.02. The summed E-state index contributed by atoms with van der Waals surface area (Å²) >= 11 is 0. The molecule has 0 bridgehead atoms. The molecule has 2 rings (SSSR count). The topological polar surface area (TPSA) is 21.3 Å². The first kappa shape index (κ1) is 10.5. The molecule has 0 aromatic heterocycles. The second kappa shape index (κ2) is 5.17.